The smallest absolute Gasteiger partial charge is 0.273 e. The maximum Gasteiger partial charge on any atom is 0.273 e. The number of piperidine rings is 1. The largest absolute Gasteiger partial charge is 0.340 e. The number of amides is 2. The van der Waals surface area contributed by atoms with E-state index in [1.807, 2.05) is 22.6 Å². The lowest BCUT2D eigenvalue weighted by molar-refractivity contribution is -0.135. The van der Waals surface area contributed by atoms with Crippen LogP contribution in [0.2, 0.25) is 0 Å². The van der Waals surface area contributed by atoms with Crippen molar-refractivity contribution in [2.45, 2.75) is 23.6 Å². The zero-order chi connectivity index (χ0) is 23.5. The number of hydrogen-bond acceptors (Lipinski definition) is 6. The Hall–Kier alpha value is -2.16. The van der Waals surface area contributed by atoms with Gasteiger partial charge in [0.1, 0.15) is 10.0 Å². The van der Waals surface area contributed by atoms with E-state index in [1.165, 1.54) is 16.9 Å². The molecule has 1 aromatic heterocycles. The normalized spacial score (nSPS) is 22.4. The highest BCUT2D eigenvalue weighted by molar-refractivity contribution is 8.00. The van der Waals surface area contributed by atoms with E-state index in [0.29, 0.717) is 11.6 Å². The molecule has 2 amide bonds. The minimum atomic E-state index is 0.0346. The molecule has 2 aliphatic heterocycles. The zero-order valence-electron chi connectivity index (χ0n) is 19.7. The molecule has 2 aromatic rings. The van der Waals surface area contributed by atoms with Gasteiger partial charge in [-0.15, -0.1) is 11.3 Å². The molecule has 34 heavy (non-hydrogen) atoms. The Bertz CT molecular complexity index is 1040. The number of nitrogens with zero attached hydrogens (tertiary/aromatic N) is 4. The molecular formula is C26H32N4O2S2. The van der Waals surface area contributed by atoms with Crippen LogP contribution in [0.25, 0.3) is 6.08 Å². The fraction of sp³-hybridized carbons (Fsp3) is 0.500. The van der Waals surface area contributed by atoms with Crippen LogP contribution < -0.4 is 0 Å². The van der Waals surface area contributed by atoms with Crippen LogP contribution >= 0.6 is 23.1 Å². The van der Waals surface area contributed by atoms with Crippen molar-refractivity contribution in [1.29, 1.82) is 0 Å². The van der Waals surface area contributed by atoms with Gasteiger partial charge < -0.3 is 9.80 Å². The van der Waals surface area contributed by atoms with Gasteiger partial charge in [-0.1, -0.05) is 54.2 Å². The van der Waals surface area contributed by atoms with E-state index < -0.39 is 0 Å². The predicted molar refractivity (Wildman–Crippen MR) is 138 cm³/mol. The Morgan fingerprint density at radius 2 is 1.82 bits per heavy atom. The molecular weight excluding hydrogens is 464 g/mol. The highest BCUT2D eigenvalue weighted by Gasteiger charge is 2.59. The summed E-state index contributed by atoms with van der Waals surface area (Å²) >= 11 is 3.10. The number of carbonyl (C=O) groups is 2. The lowest BCUT2D eigenvalue weighted by Crippen LogP contribution is -2.49. The highest BCUT2D eigenvalue weighted by atomic mass is 32.2. The molecule has 3 fully saturated rings. The number of aromatic nitrogens is 1. The first-order chi connectivity index (χ1) is 16.6. The third kappa shape index (κ3) is 5.09. The molecule has 1 aromatic carbocycles. The van der Waals surface area contributed by atoms with Crippen LogP contribution in [0.4, 0.5) is 0 Å². The standard InChI is InChI=1S/C26H32N4O2S2/c1-33-25-27-22(19-34-25)24(32)29-12-9-26(10-13-29)18-21(26)23(31)30-16-14-28(15-17-30)11-5-8-20-6-3-2-4-7-20/h2-8,19,21H,9-18H2,1H3/b8-5+. The van der Waals surface area contributed by atoms with Crippen molar-refractivity contribution in [2.75, 3.05) is 52.1 Å². The first-order valence-electron chi connectivity index (χ1n) is 12.1. The molecule has 1 spiro atoms. The Labute approximate surface area is 210 Å². The average molecular weight is 497 g/mol. The van der Waals surface area contributed by atoms with Crippen LogP contribution in [0.5, 0.6) is 0 Å². The van der Waals surface area contributed by atoms with Gasteiger partial charge in [0, 0.05) is 57.1 Å². The summed E-state index contributed by atoms with van der Waals surface area (Å²) in [6.45, 7) is 5.88. The van der Waals surface area contributed by atoms with E-state index in [0.717, 1.165) is 69.4 Å². The molecule has 0 N–H and O–H groups in total. The molecule has 3 heterocycles. The second-order valence-electron chi connectivity index (χ2n) is 9.55. The molecule has 1 atom stereocenters. The van der Waals surface area contributed by atoms with E-state index in [4.69, 9.17) is 0 Å². The van der Waals surface area contributed by atoms with Gasteiger partial charge in [-0.2, -0.15) is 0 Å². The lowest BCUT2D eigenvalue weighted by Gasteiger charge is -2.36. The van der Waals surface area contributed by atoms with Crippen LogP contribution in [0.15, 0.2) is 46.1 Å². The maximum atomic E-state index is 13.2. The summed E-state index contributed by atoms with van der Waals surface area (Å²) in [6, 6.07) is 10.4. The Morgan fingerprint density at radius 1 is 1.09 bits per heavy atom. The highest BCUT2D eigenvalue weighted by Crippen LogP contribution is 2.60. The van der Waals surface area contributed by atoms with Crippen LogP contribution in [0, 0.1) is 11.3 Å². The number of likely N-dealkylation sites (tertiary alicyclic amines) is 1. The van der Waals surface area contributed by atoms with Crippen molar-refractivity contribution in [3.8, 4) is 0 Å². The van der Waals surface area contributed by atoms with E-state index >= 15 is 0 Å². The third-order valence-corrected chi connectivity index (χ3v) is 9.43. The summed E-state index contributed by atoms with van der Waals surface area (Å²) < 4.78 is 0.928. The molecule has 0 bridgehead atoms. The van der Waals surface area contributed by atoms with Crippen molar-refractivity contribution in [1.82, 2.24) is 19.7 Å². The summed E-state index contributed by atoms with van der Waals surface area (Å²) in [6.07, 6.45) is 9.20. The fourth-order valence-electron chi connectivity index (χ4n) is 5.29. The maximum absolute atomic E-state index is 13.2. The topological polar surface area (TPSA) is 56.8 Å². The quantitative estimate of drug-likeness (QED) is 0.567. The fourth-order valence-corrected chi connectivity index (χ4v) is 6.52. The Morgan fingerprint density at radius 3 is 2.50 bits per heavy atom. The molecule has 180 valence electrons. The number of rotatable bonds is 6. The molecule has 3 aliphatic rings. The van der Waals surface area contributed by atoms with Crippen LogP contribution in [0.1, 0.15) is 35.3 Å². The van der Waals surface area contributed by atoms with Gasteiger partial charge in [0.05, 0.1) is 0 Å². The molecule has 6 nitrogen and oxygen atoms in total. The van der Waals surface area contributed by atoms with Crippen LogP contribution in [0.3, 0.4) is 0 Å². The van der Waals surface area contributed by atoms with Crippen molar-refractivity contribution < 1.29 is 9.59 Å². The second-order valence-corrected chi connectivity index (χ2v) is 11.5. The van der Waals surface area contributed by atoms with Crippen molar-refractivity contribution in [3.05, 3.63) is 53.0 Å². The molecule has 8 heteroatoms. The summed E-state index contributed by atoms with van der Waals surface area (Å²) in [4.78, 5) is 36.8. The van der Waals surface area contributed by atoms with Crippen molar-refractivity contribution in [2.24, 2.45) is 11.3 Å². The van der Waals surface area contributed by atoms with Gasteiger partial charge in [-0.05, 0) is 36.5 Å². The van der Waals surface area contributed by atoms with Gasteiger partial charge >= 0.3 is 0 Å². The van der Waals surface area contributed by atoms with E-state index in [1.54, 1.807) is 11.8 Å². The van der Waals surface area contributed by atoms with Gasteiger partial charge in [0.15, 0.2) is 0 Å². The summed E-state index contributed by atoms with van der Waals surface area (Å²) in [5.41, 5.74) is 1.90. The number of carbonyl (C=O) groups excluding carboxylic acids is 2. The van der Waals surface area contributed by atoms with Gasteiger partial charge in [-0.3, -0.25) is 14.5 Å². The van der Waals surface area contributed by atoms with Crippen LogP contribution in [-0.4, -0.2) is 83.6 Å². The molecule has 2 saturated heterocycles. The third-order valence-electron chi connectivity index (χ3n) is 7.57. The van der Waals surface area contributed by atoms with Crippen LogP contribution in [-0.2, 0) is 4.79 Å². The van der Waals surface area contributed by atoms with Gasteiger partial charge in [-0.25, -0.2) is 4.98 Å². The number of hydrogen-bond donors (Lipinski definition) is 0. The SMILES string of the molecule is CSc1nc(C(=O)N2CCC3(CC2)CC3C(=O)N2CCN(C/C=C/c3ccccc3)CC2)cs1. The van der Waals surface area contributed by atoms with E-state index in [9.17, 15) is 9.59 Å². The minimum absolute atomic E-state index is 0.0346. The first-order valence-corrected chi connectivity index (χ1v) is 14.2. The van der Waals surface area contributed by atoms with Crippen molar-refractivity contribution in [3.63, 3.8) is 0 Å². The molecule has 1 aliphatic carbocycles. The summed E-state index contributed by atoms with van der Waals surface area (Å²) in [5.74, 6) is 0.521. The average Bonchev–Trinajstić information content (AvgIpc) is 3.35. The number of benzene rings is 1. The summed E-state index contributed by atoms with van der Waals surface area (Å²) in [7, 11) is 0. The van der Waals surface area contributed by atoms with E-state index in [2.05, 4.69) is 51.2 Å². The zero-order valence-corrected chi connectivity index (χ0v) is 21.3. The second kappa shape index (κ2) is 10.2. The first kappa shape index (κ1) is 23.6. The number of thioether (sulfide) groups is 1. The van der Waals surface area contributed by atoms with Gasteiger partial charge in [0.25, 0.3) is 5.91 Å². The van der Waals surface area contributed by atoms with Gasteiger partial charge in [0.2, 0.25) is 5.91 Å². The van der Waals surface area contributed by atoms with Crippen molar-refractivity contribution >= 4 is 41.0 Å². The predicted octanol–water partition coefficient (Wildman–Crippen LogP) is 3.96. The molecule has 0 radical (unpaired) electrons. The Kier molecular flexibility index (Phi) is 7.09. The lowest BCUT2D eigenvalue weighted by atomic mass is 9.90. The molecule has 1 unspecified atom stereocenters. The van der Waals surface area contributed by atoms with E-state index in [-0.39, 0.29) is 17.2 Å². The number of thiazole rings is 1. The Balaban J connectivity index is 1.06. The number of piperazine rings is 1. The molecule has 1 saturated carbocycles. The molecule has 5 rings (SSSR count). The monoisotopic (exact) mass is 496 g/mol. The summed E-state index contributed by atoms with van der Waals surface area (Å²) in [5, 5.41) is 1.86. The minimum Gasteiger partial charge on any atom is -0.340 e.